The van der Waals surface area contributed by atoms with Crippen molar-refractivity contribution < 1.29 is 14.3 Å². The van der Waals surface area contributed by atoms with Crippen LogP contribution in [0, 0.1) is 0 Å². The lowest BCUT2D eigenvalue weighted by Gasteiger charge is -2.30. The predicted octanol–water partition coefficient (Wildman–Crippen LogP) is 3.59. The van der Waals surface area contributed by atoms with Crippen LogP contribution >= 0.6 is 0 Å². The average Bonchev–Trinajstić information content (AvgIpc) is 2.50. The van der Waals surface area contributed by atoms with E-state index in [4.69, 9.17) is 0 Å². The van der Waals surface area contributed by atoms with Gasteiger partial charge in [0.1, 0.15) is 0 Å². The van der Waals surface area contributed by atoms with Gasteiger partial charge in [-0.3, -0.25) is 0 Å². The summed E-state index contributed by atoms with van der Waals surface area (Å²) in [5.74, 6) is -1.07. The second kappa shape index (κ2) is 3.92. The molecule has 0 bridgehead atoms. The Labute approximate surface area is 114 Å². The maximum atomic E-state index is 11.7. The van der Waals surface area contributed by atoms with Gasteiger partial charge in [-0.2, -0.15) is 0 Å². The Morgan fingerprint density at radius 3 is 1.32 bits per heavy atom. The topological polar surface area (TPSA) is 43.4 Å². The van der Waals surface area contributed by atoms with E-state index in [1.54, 1.807) is 0 Å². The number of rotatable bonds is 0. The van der Waals surface area contributed by atoms with Crippen molar-refractivity contribution in [3.05, 3.63) is 34.4 Å². The summed E-state index contributed by atoms with van der Waals surface area (Å²) in [5, 5.41) is 0. The van der Waals surface area contributed by atoms with Crippen molar-refractivity contribution in [1.82, 2.24) is 0 Å². The minimum atomic E-state index is -0.536. The summed E-state index contributed by atoms with van der Waals surface area (Å²) in [6, 6.07) is 3.65. The van der Waals surface area contributed by atoms with E-state index in [9.17, 15) is 9.59 Å². The molecule has 0 fully saturated rings. The summed E-state index contributed by atoms with van der Waals surface area (Å²) in [6.07, 6.45) is 0. The van der Waals surface area contributed by atoms with Crippen LogP contribution in [0.15, 0.2) is 12.1 Å². The molecule has 0 aliphatic carbocycles. The smallest absolute Gasteiger partial charge is 0.346 e. The number of fused-ring (bicyclic) bond motifs is 1. The van der Waals surface area contributed by atoms with Crippen molar-refractivity contribution in [3.63, 3.8) is 0 Å². The molecule has 0 aromatic heterocycles. The lowest BCUT2D eigenvalue weighted by atomic mass is 9.74. The number of carbonyl (C=O) groups is 2. The van der Waals surface area contributed by atoms with Crippen molar-refractivity contribution in [1.29, 1.82) is 0 Å². The predicted molar refractivity (Wildman–Crippen MR) is 73.6 cm³/mol. The molecule has 1 aliphatic heterocycles. The molecule has 1 heterocycles. The molecule has 1 aliphatic rings. The largest absolute Gasteiger partial charge is 0.386 e. The number of carbonyl (C=O) groups excluding carboxylic acids is 2. The highest BCUT2D eigenvalue weighted by Crippen LogP contribution is 2.37. The number of cyclic esters (lactones) is 2. The molecule has 1 aromatic rings. The summed E-state index contributed by atoms with van der Waals surface area (Å²) >= 11 is 0. The molecule has 0 radical (unpaired) electrons. The maximum absolute atomic E-state index is 11.7. The standard InChI is InChI=1S/C16H20O3/c1-15(2,3)11-7-9-10(14(18)19-13(9)17)8-12(11)16(4,5)6/h7-8H,1-6H3. The highest BCUT2D eigenvalue weighted by Gasteiger charge is 2.35. The number of hydrogen-bond acceptors (Lipinski definition) is 3. The molecule has 19 heavy (non-hydrogen) atoms. The fourth-order valence-corrected chi connectivity index (χ4v) is 2.37. The van der Waals surface area contributed by atoms with Crippen LogP contribution in [-0.2, 0) is 15.6 Å². The molecule has 0 amide bonds. The molecule has 0 atom stereocenters. The first-order chi connectivity index (χ1) is 8.51. The van der Waals surface area contributed by atoms with Gasteiger partial charge in [0.2, 0.25) is 0 Å². The van der Waals surface area contributed by atoms with Crippen molar-refractivity contribution >= 4 is 11.9 Å². The van der Waals surface area contributed by atoms with Gasteiger partial charge < -0.3 is 4.74 Å². The van der Waals surface area contributed by atoms with Gasteiger partial charge in [-0.25, -0.2) is 9.59 Å². The van der Waals surface area contributed by atoms with Crippen LogP contribution in [0.25, 0.3) is 0 Å². The van der Waals surface area contributed by atoms with Crippen molar-refractivity contribution in [2.45, 2.75) is 52.4 Å². The van der Waals surface area contributed by atoms with Crippen molar-refractivity contribution in [2.75, 3.05) is 0 Å². The molecule has 3 nitrogen and oxygen atoms in total. The Morgan fingerprint density at radius 1 is 0.737 bits per heavy atom. The molecule has 0 spiro atoms. The first-order valence-corrected chi connectivity index (χ1v) is 6.47. The first-order valence-electron chi connectivity index (χ1n) is 6.47. The van der Waals surface area contributed by atoms with Crippen LogP contribution in [0.1, 0.15) is 73.4 Å². The molecule has 2 rings (SSSR count). The SMILES string of the molecule is CC(C)(C)c1cc2c(cc1C(C)(C)C)C(=O)OC2=O. The second-order valence-corrected chi connectivity index (χ2v) is 7.12. The summed E-state index contributed by atoms with van der Waals surface area (Å²) in [5.41, 5.74) is 2.77. The summed E-state index contributed by atoms with van der Waals surface area (Å²) in [7, 11) is 0. The number of benzene rings is 1. The molecular weight excluding hydrogens is 240 g/mol. The van der Waals surface area contributed by atoms with Gasteiger partial charge in [-0.1, -0.05) is 41.5 Å². The van der Waals surface area contributed by atoms with Gasteiger partial charge in [0.15, 0.2) is 0 Å². The van der Waals surface area contributed by atoms with E-state index in [1.807, 2.05) is 12.1 Å². The maximum Gasteiger partial charge on any atom is 0.346 e. The fourth-order valence-electron chi connectivity index (χ4n) is 2.37. The zero-order valence-electron chi connectivity index (χ0n) is 12.4. The quantitative estimate of drug-likeness (QED) is 0.529. The molecule has 3 heteroatoms. The third-order valence-electron chi connectivity index (χ3n) is 3.40. The molecule has 0 saturated heterocycles. The Bertz CT molecular complexity index is 518. The van der Waals surface area contributed by atoms with Crippen LogP contribution in [0.4, 0.5) is 0 Å². The average molecular weight is 260 g/mol. The highest BCUT2D eigenvalue weighted by atomic mass is 16.6. The Morgan fingerprint density at radius 2 is 1.05 bits per heavy atom. The third kappa shape index (κ3) is 2.29. The van der Waals surface area contributed by atoms with E-state index in [-0.39, 0.29) is 10.8 Å². The van der Waals surface area contributed by atoms with E-state index in [0.717, 1.165) is 11.1 Å². The fraction of sp³-hybridized carbons (Fsp3) is 0.500. The van der Waals surface area contributed by atoms with Gasteiger partial charge in [0.05, 0.1) is 11.1 Å². The summed E-state index contributed by atoms with van der Waals surface area (Å²) < 4.78 is 4.69. The third-order valence-corrected chi connectivity index (χ3v) is 3.40. The second-order valence-electron chi connectivity index (χ2n) is 7.12. The molecular formula is C16H20O3. The van der Waals surface area contributed by atoms with Gasteiger partial charge in [0, 0.05) is 0 Å². The van der Waals surface area contributed by atoms with E-state index >= 15 is 0 Å². The van der Waals surface area contributed by atoms with Crippen LogP contribution in [0.2, 0.25) is 0 Å². The van der Waals surface area contributed by atoms with Gasteiger partial charge in [-0.05, 0) is 34.1 Å². The first kappa shape index (κ1) is 13.8. The molecule has 1 aromatic carbocycles. The highest BCUT2D eigenvalue weighted by molar-refractivity contribution is 6.15. The van der Waals surface area contributed by atoms with Gasteiger partial charge in [0.25, 0.3) is 0 Å². The Balaban J connectivity index is 2.78. The molecule has 0 unspecified atom stereocenters. The minimum absolute atomic E-state index is 0.0937. The molecule has 102 valence electrons. The number of hydrogen-bond donors (Lipinski definition) is 0. The van der Waals surface area contributed by atoms with Crippen molar-refractivity contribution in [3.8, 4) is 0 Å². The van der Waals surface area contributed by atoms with E-state index in [2.05, 4.69) is 46.3 Å². The minimum Gasteiger partial charge on any atom is -0.386 e. The summed E-state index contributed by atoms with van der Waals surface area (Å²) in [6.45, 7) is 12.6. The van der Waals surface area contributed by atoms with Crippen LogP contribution < -0.4 is 0 Å². The lowest BCUT2D eigenvalue weighted by molar-refractivity contribution is 0.0444. The monoisotopic (exact) mass is 260 g/mol. The Kier molecular flexibility index (Phi) is 2.85. The van der Waals surface area contributed by atoms with E-state index < -0.39 is 11.9 Å². The normalized spacial score (nSPS) is 15.5. The van der Waals surface area contributed by atoms with Crippen LogP contribution in [0.3, 0.4) is 0 Å². The van der Waals surface area contributed by atoms with Crippen molar-refractivity contribution in [2.24, 2.45) is 0 Å². The van der Waals surface area contributed by atoms with Gasteiger partial charge in [-0.15, -0.1) is 0 Å². The molecule has 0 saturated carbocycles. The Hall–Kier alpha value is -1.64. The van der Waals surface area contributed by atoms with Crippen LogP contribution in [-0.4, -0.2) is 11.9 Å². The van der Waals surface area contributed by atoms with Gasteiger partial charge >= 0.3 is 11.9 Å². The van der Waals surface area contributed by atoms with E-state index in [0.29, 0.717) is 11.1 Å². The molecule has 0 N–H and O–H groups in total. The summed E-state index contributed by atoms with van der Waals surface area (Å²) in [4.78, 5) is 23.3. The van der Waals surface area contributed by atoms with Crippen LogP contribution in [0.5, 0.6) is 0 Å². The lowest BCUT2D eigenvalue weighted by Crippen LogP contribution is -2.23. The van der Waals surface area contributed by atoms with E-state index in [1.165, 1.54) is 0 Å². The zero-order chi connectivity index (χ0) is 14.6. The number of esters is 2. The zero-order valence-corrected chi connectivity index (χ0v) is 12.4. The number of ether oxygens (including phenoxy) is 1.